The second kappa shape index (κ2) is 7.33. The average molecular weight is 242 g/mol. The van der Waals surface area contributed by atoms with Gasteiger partial charge in [0.05, 0.1) is 6.61 Å². The van der Waals surface area contributed by atoms with Crippen molar-refractivity contribution in [1.82, 2.24) is 4.98 Å². The van der Waals surface area contributed by atoms with Gasteiger partial charge in [-0.25, -0.2) is 4.98 Å². The summed E-state index contributed by atoms with van der Waals surface area (Å²) in [6.45, 7) is 1.68. The number of ether oxygens (including phenoxy) is 1. The Bertz CT molecular complexity index is 387. The molecule has 2 rings (SSSR count). The molecule has 18 heavy (non-hydrogen) atoms. The van der Waals surface area contributed by atoms with Gasteiger partial charge in [-0.15, -0.1) is 0 Å². The fourth-order valence-electron chi connectivity index (χ4n) is 1.62. The fourth-order valence-corrected chi connectivity index (χ4v) is 1.62. The highest BCUT2D eigenvalue weighted by Gasteiger charge is 1.93. The van der Waals surface area contributed by atoms with Crippen LogP contribution in [0.5, 0.6) is 5.75 Å². The number of para-hydroxylation sites is 1. The predicted octanol–water partition coefficient (Wildman–Crippen LogP) is 3.35. The minimum atomic E-state index is 0.758. The highest BCUT2D eigenvalue weighted by Crippen LogP contribution is 2.08. The highest BCUT2D eigenvalue weighted by atomic mass is 16.5. The SMILES string of the molecule is c1ccc(OCCCCNc2ccccn2)cc1. The molecule has 0 bridgehead atoms. The summed E-state index contributed by atoms with van der Waals surface area (Å²) >= 11 is 0. The Morgan fingerprint density at radius 2 is 1.78 bits per heavy atom. The van der Waals surface area contributed by atoms with Crippen LogP contribution >= 0.6 is 0 Å². The van der Waals surface area contributed by atoms with Gasteiger partial charge in [-0.1, -0.05) is 24.3 Å². The average Bonchev–Trinajstić information content (AvgIpc) is 2.45. The van der Waals surface area contributed by atoms with E-state index >= 15 is 0 Å². The van der Waals surface area contributed by atoms with Gasteiger partial charge in [-0.3, -0.25) is 0 Å². The highest BCUT2D eigenvalue weighted by molar-refractivity contribution is 5.32. The van der Waals surface area contributed by atoms with Gasteiger partial charge in [-0.05, 0) is 37.1 Å². The van der Waals surface area contributed by atoms with E-state index in [-0.39, 0.29) is 0 Å². The number of unbranched alkanes of at least 4 members (excludes halogenated alkanes) is 1. The summed E-state index contributed by atoms with van der Waals surface area (Å²) in [5.41, 5.74) is 0. The molecule has 1 heterocycles. The second-order valence-corrected chi connectivity index (χ2v) is 4.01. The number of rotatable bonds is 7. The molecule has 0 aliphatic heterocycles. The third-order valence-corrected chi connectivity index (χ3v) is 2.55. The van der Waals surface area contributed by atoms with Crippen LogP contribution in [0.3, 0.4) is 0 Å². The molecule has 3 nitrogen and oxygen atoms in total. The molecule has 0 saturated heterocycles. The molecule has 2 aromatic rings. The van der Waals surface area contributed by atoms with E-state index < -0.39 is 0 Å². The van der Waals surface area contributed by atoms with Crippen LogP contribution in [0.4, 0.5) is 5.82 Å². The van der Waals surface area contributed by atoms with Gasteiger partial charge in [0.15, 0.2) is 0 Å². The van der Waals surface area contributed by atoms with E-state index in [1.807, 2.05) is 48.5 Å². The van der Waals surface area contributed by atoms with Gasteiger partial charge in [-0.2, -0.15) is 0 Å². The molecular formula is C15H18N2O. The first kappa shape index (κ1) is 12.4. The summed E-state index contributed by atoms with van der Waals surface area (Å²) in [5.74, 6) is 1.87. The van der Waals surface area contributed by atoms with E-state index in [2.05, 4.69) is 10.3 Å². The number of pyridine rings is 1. The zero-order valence-electron chi connectivity index (χ0n) is 10.4. The van der Waals surface area contributed by atoms with Crippen LogP contribution in [0.1, 0.15) is 12.8 Å². The van der Waals surface area contributed by atoms with Gasteiger partial charge in [0.25, 0.3) is 0 Å². The molecule has 1 aromatic carbocycles. The molecule has 0 radical (unpaired) electrons. The standard InChI is InChI=1S/C15H18N2O/c1-2-8-14(9-3-1)18-13-7-6-12-17-15-10-4-5-11-16-15/h1-5,8-11H,6-7,12-13H2,(H,16,17). The zero-order chi connectivity index (χ0) is 12.5. The molecule has 0 saturated carbocycles. The smallest absolute Gasteiger partial charge is 0.125 e. The Balaban J connectivity index is 1.54. The van der Waals surface area contributed by atoms with E-state index in [0.717, 1.165) is 37.6 Å². The quantitative estimate of drug-likeness (QED) is 0.756. The third kappa shape index (κ3) is 4.45. The summed E-state index contributed by atoms with van der Waals surface area (Å²) in [4.78, 5) is 4.20. The van der Waals surface area contributed by atoms with Crippen molar-refractivity contribution in [2.75, 3.05) is 18.5 Å². The van der Waals surface area contributed by atoms with Crippen LogP contribution in [-0.4, -0.2) is 18.1 Å². The Morgan fingerprint density at radius 1 is 0.944 bits per heavy atom. The van der Waals surface area contributed by atoms with Crippen LogP contribution in [0.15, 0.2) is 54.7 Å². The largest absolute Gasteiger partial charge is 0.494 e. The fraction of sp³-hybridized carbons (Fsp3) is 0.267. The molecular weight excluding hydrogens is 224 g/mol. The second-order valence-electron chi connectivity index (χ2n) is 4.01. The molecule has 94 valence electrons. The van der Waals surface area contributed by atoms with Crippen LogP contribution < -0.4 is 10.1 Å². The molecule has 3 heteroatoms. The maximum absolute atomic E-state index is 5.61. The number of nitrogens with zero attached hydrogens (tertiary/aromatic N) is 1. The van der Waals surface area contributed by atoms with Gasteiger partial charge in [0.2, 0.25) is 0 Å². The van der Waals surface area contributed by atoms with Crippen LogP contribution in [0.2, 0.25) is 0 Å². The Labute approximate surface area is 108 Å². The summed E-state index contributed by atoms with van der Waals surface area (Å²) in [5, 5.41) is 3.28. The van der Waals surface area contributed by atoms with E-state index in [9.17, 15) is 0 Å². The number of aromatic nitrogens is 1. The first-order valence-electron chi connectivity index (χ1n) is 6.28. The number of nitrogens with one attached hydrogen (secondary N) is 1. The summed E-state index contributed by atoms with van der Waals surface area (Å²) < 4.78 is 5.61. The Morgan fingerprint density at radius 3 is 2.56 bits per heavy atom. The number of hydrogen-bond donors (Lipinski definition) is 1. The van der Waals surface area contributed by atoms with Gasteiger partial charge in [0, 0.05) is 12.7 Å². The molecule has 0 aliphatic rings. The van der Waals surface area contributed by atoms with Gasteiger partial charge in [0.1, 0.15) is 11.6 Å². The van der Waals surface area contributed by atoms with Crippen molar-refractivity contribution in [2.45, 2.75) is 12.8 Å². The normalized spacial score (nSPS) is 10.0. The first-order chi connectivity index (χ1) is 8.95. The van der Waals surface area contributed by atoms with Crippen molar-refractivity contribution in [3.8, 4) is 5.75 Å². The van der Waals surface area contributed by atoms with E-state index in [4.69, 9.17) is 4.74 Å². The zero-order valence-corrected chi connectivity index (χ0v) is 10.4. The minimum Gasteiger partial charge on any atom is -0.494 e. The van der Waals surface area contributed by atoms with Crippen LogP contribution in [0.25, 0.3) is 0 Å². The maximum atomic E-state index is 5.61. The molecule has 1 N–H and O–H groups in total. The van der Waals surface area contributed by atoms with Crippen LogP contribution in [0, 0.1) is 0 Å². The van der Waals surface area contributed by atoms with Crippen molar-refractivity contribution in [3.05, 3.63) is 54.7 Å². The van der Waals surface area contributed by atoms with E-state index in [1.165, 1.54) is 0 Å². The van der Waals surface area contributed by atoms with Crippen molar-refractivity contribution in [3.63, 3.8) is 0 Å². The molecule has 0 atom stereocenters. The summed E-state index contributed by atoms with van der Waals surface area (Å²) in [6.07, 6.45) is 3.90. The molecule has 0 fully saturated rings. The summed E-state index contributed by atoms with van der Waals surface area (Å²) in [7, 11) is 0. The lowest BCUT2D eigenvalue weighted by molar-refractivity contribution is 0.308. The minimum absolute atomic E-state index is 0.758. The molecule has 0 unspecified atom stereocenters. The van der Waals surface area contributed by atoms with Crippen molar-refractivity contribution >= 4 is 5.82 Å². The first-order valence-corrected chi connectivity index (χ1v) is 6.28. The lowest BCUT2D eigenvalue weighted by atomic mass is 10.3. The van der Waals surface area contributed by atoms with Gasteiger partial charge >= 0.3 is 0 Å². The Kier molecular flexibility index (Phi) is 5.06. The lowest BCUT2D eigenvalue weighted by Gasteiger charge is -2.07. The lowest BCUT2D eigenvalue weighted by Crippen LogP contribution is -2.05. The Hall–Kier alpha value is -2.03. The van der Waals surface area contributed by atoms with Gasteiger partial charge < -0.3 is 10.1 Å². The van der Waals surface area contributed by atoms with Crippen molar-refractivity contribution < 1.29 is 4.74 Å². The molecule has 0 spiro atoms. The number of anilines is 1. The molecule has 1 aromatic heterocycles. The maximum Gasteiger partial charge on any atom is 0.125 e. The topological polar surface area (TPSA) is 34.1 Å². The number of benzene rings is 1. The molecule has 0 aliphatic carbocycles. The predicted molar refractivity (Wildman–Crippen MR) is 73.9 cm³/mol. The van der Waals surface area contributed by atoms with E-state index in [1.54, 1.807) is 6.20 Å². The molecule has 0 amide bonds. The van der Waals surface area contributed by atoms with Crippen molar-refractivity contribution in [1.29, 1.82) is 0 Å². The van der Waals surface area contributed by atoms with Crippen molar-refractivity contribution in [2.24, 2.45) is 0 Å². The third-order valence-electron chi connectivity index (χ3n) is 2.55. The monoisotopic (exact) mass is 242 g/mol. The summed E-state index contributed by atoms with van der Waals surface area (Å²) in [6, 6.07) is 15.8. The number of hydrogen-bond acceptors (Lipinski definition) is 3. The van der Waals surface area contributed by atoms with Crippen LogP contribution in [-0.2, 0) is 0 Å². The van der Waals surface area contributed by atoms with E-state index in [0.29, 0.717) is 0 Å².